The average Bonchev–Trinajstić information content (AvgIpc) is 2.77. The number of rotatable bonds is 9. The molecule has 0 spiro atoms. The molecule has 1 aliphatic heterocycles. The van der Waals surface area contributed by atoms with Crippen LogP contribution in [0.15, 0.2) is 30.3 Å². The molecule has 1 fully saturated rings. The van der Waals surface area contributed by atoms with Gasteiger partial charge in [-0.1, -0.05) is 19.9 Å². The van der Waals surface area contributed by atoms with Gasteiger partial charge < -0.3 is 25.0 Å². The lowest BCUT2D eigenvalue weighted by Crippen LogP contribution is -2.43. The van der Waals surface area contributed by atoms with Gasteiger partial charge in [-0.05, 0) is 68.6 Å². The van der Waals surface area contributed by atoms with Gasteiger partial charge in [-0.25, -0.2) is 4.98 Å². The number of hydrogen-bond acceptors (Lipinski definition) is 6. The van der Waals surface area contributed by atoms with Gasteiger partial charge in [0.2, 0.25) is 5.91 Å². The van der Waals surface area contributed by atoms with Gasteiger partial charge in [-0.3, -0.25) is 4.79 Å². The van der Waals surface area contributed by atoms with Gasteiger partial charge >= 0.3 is 0 Å². The van der Waals surface area contributed by atoms with Crippen molar-refractivity contribution in [3.63, 3.8) is 0 Å². The van der Waals surface area contributed by atoms with E-state index in [9.17, 15) is 4.79 Å². The maximum Gasteiger partial charge on any atom is 0.222 e. The molecule has 1 amide bonds. The molecule has 0 unspecified atom stereocenters. The van der Waals surface area contributed by atoms with Crippen molar-refractivity contribution in [3.8, 4) is 11.5 Å². The lowest BCUT2D eigenvalue weighted by atomic mass is 10.0. The van der Waals surface area contributed by atoms with Crippen molar-refractivity contribution in [2.45, 2.75) is 53.1 Å². The fourth-order valence-corrected chi connectivity index (χ4v) is 4.02. The van der Waals surface area contributed by atoms with Crippen LogP contribution < -0.4 is 25.0 Å². The van der Waals surface area contributed by atoms with Gasteiger partial charge in [0.05, 0.1) is 25.1 Å². The minimum Gasteiger partial charge on any atom is -0.493 e. The number of aromatic nitrogens is 1. The third-order valence-corrected chi connectivity index (χ3v) is 5.57. The van der Waals surface area contributed by atoms with E-state index in [0.29, 0.717) is 24.4 Å². The first kappa shape index (κ1) is 23.9. The summed E-state index contributed by atoms with van der Waals surface area (Å²) < 4.78 is 11.5. The Morgan fingerprint density at radius 3 is 2.59 bits per heavy atom. The number of amides is 1. The van der Waals surface area contributed by atoms with Gasteiger partial charge in [-0.15, -0.1) is 0 Å². The van der Waals surface area contributed by atoms with E-state index in [2.05, 4.69) is 52.6 Å². The third-order valence-electron chi connectivity index (χ3n) is 5.57. The minimum atomic E-state index is -0.118. The molecule has 2 N–H and O–H groups in total. The van der Waals surface area contributed by atoms with Crippen molar-refractivity contribution >= 4 is 17.4 Å². The number of carbonyl (C=O) groups excluding carboxylic acids is 1. The number of nitrogens with one attached hydrogen (secondary N) is 2. The van der Waals surface area contributed by atoms with Crippen molar-refractivity contribution in [2.75, 3.05) is 37.0 Å². The Kier molecular flexibility index (Phi) is 8.33. The molecule has 0 bridgehead atoms. The van der Waals surface area contributed by atoms with Gasteiger partial charge in [0, 0.05) is 19.5 Å². The highest BCUT2D eigenvalue weighted by Gasteiger charge is 2.24. The van der Waals surface area contributed by atoms with Gasteiger partial charge in [0.15, 0.2) is 11.5 Å². The Morgan fingerprint density at radius 2 is 1.97 bits per heavy atom. The van der Waals surface area contributed by atoms with Crippen molar-refractivity contribution in [2.24, 2.45) is 5.92 Å². The predicted molar refractivity (Wildman–Crippen MR) is 129 cm³/mol. The number of aryl methyl sites for hydroxylation is 1. The second-order valence-corrected chi connectivity index (χ2v) is 8.78. The molecular weight excluding hydrogens is 404 g/mol. The molecular formula is C25H36N4O3. The molecule has 32 heavy (non-hydrogen) atoms. The average molecular weight is 441 g/mol. The van der Waals surface area contributed by atoms with E-state index in [1.807, 2.05) is 19.1 Å². The monoisotopic (exact) mass is 440 g/mol. The Labute approximate surface area is 191 Å². The van der Waals surface area contributed by atoms with Crippen LogP contribution in [0.5, 0.6) is 11.5 Å². The van der Waals surface area contributed by atoms with Crippen LogP contribution in [0.25, 0.3) is 0 Å². The van der Waals surface area contributed by atoms with Crippen molar-refractivity contribution in [1.29, 1.82) is 0 Å². The highest BCUT2D eigenvalue weighted by Crippen LogP contribution is 2.32. The number of anilines is 2. The maximum absolute atomic E-state index is 11.4. The van der Waals surface area contributed by atoms with Crippen molar-refractivity contribution in [1.82, 2.24) is 10.3 Å². The van der Waals surface area contributed by atoms with Crippen LogP contribution in [0.1, 0.15) is 44.9 Å². The summed E-state index contributed by atoms with van der Waals surface area (Å²) in [5, 5.41) is 6.23. The van der Waals surface area contributed by atoms with Gasteiger partial charge in [0.25, 0.3) is 0 Å². The normalized spacial score (nSPS) is 14.3. The van der Waals surface area contributed by atoms with Crippen LogP contribution in [-0.2, 0) is 11.3 Å². The second-order valence-electron chi connectivity index (χ2n) is 8.78. The summed E-state index contributed by atoms with van der Waals surface area (Å²) in [6.45, 7) is 11.2. The van der Waals surface area contributed by atoms with Crippen LogP contribution in [0.4, 0.5) is 11.5 Å². The molecule has 1 saturated heterocycles. The summed E-state index contributed by atoms with van der Waals surface area (Å²) in [6.07, 6.45) is 2.14. The topological polar surface area (TPSA) is 75.7 Å². The van der Waals surface area contributed by atoms with Crippen LogP contribution in [0.3, 0.4) is 0 Å². The number of piperidine rings is 1. The molecule has 7 nitrogen and oxygen atoms in total. The molecule has 1 aliphatic rings. The van der Waals surface area contributed by atoms with Crippen molar-refractivity contribution in [3.05, 3.63) is 41.6 Å². The minimum absolute atomic E-state index is 0.118. The number of carbonyl (C=O) groups is 1. The largest absolute Gasteiger partial charge is 0.493 e. The second kappa shape index (κ2) is 11.2. The van der Waals surface area contributed by atoms with E-state index in [0.717, 1.165) is 60.9 Å². The maximum atomic E-state index is 11.4. The first-order chi connectivity index (χ1) is 15.4. The van der Waals surface area contributed by atoms with E-state index in [-0.39, 0.29) is 5.91 Å². The zero-order valence-electron chi connectivity index (χ0n) is 19.9. The van der Waals surface area contributed by atoms with Crippen LogP contribution in [0.2, 0.25) is 0 Å². The zero-order chi connectivity index (χ0) is 23.1. The Hall–Kier alpha value is -2.80. The fourth-order valence-electron chi connectivity index (χ4n) is 4.02. The molecule has 3 rings (SSSR count). The summed E-state index contributed by atoms with van der Waals surface area (Å²) in [6, 6.07) is 10.5. The van der Waals surface area contributed by atoms with E-state index in [1.165, 1.54) is 6.92 Å². The quantitative estimate of drug-likeness (QED) is 0.610. The summed E-state index contributed by atoms with van der Waals surface area (Å²) in [7, 11) is 1.67. The molecule has 2 heterocycles. The highest BCUT2D eigenvalue weighted by atomic mass is 16.5. The number of nitrogens with zero attached hydrogens (tertiary/aromatic N) is 2. The van der Waals surface area contributed by atoms with Crippen LogP contribution in [-0.4, -0.2) is 43.7 Å². The van der Waals surface area contributed by atoms with Crippen molar-refractivity contribution < 1.29 is 14.3 Å². The number of benzene rings is 1. The van der Waals surface area contributed by atoms with E-state index in [1.54, 1.807) is 7.11 Å². The number of hydrogen-bond donors (Lipinski definition) is 2. The fraction of sp³-hybridized carbons (Fsp3) is 0.520. The number of methoxy groups -OCH3 is 1. The summed E-state index contributed by atoms with van der Waals surface area (Å²) in [4.78, 5) is 18.5. The number of ether oxygens (including phenoxy) is 2. The van der Waals surface area contributed by atoms with Crippen LogP contribution >= 0.6 is 0 Å². The standard InChI is InChI=1S/C25H36N4O3/c1-17(2)16-32-24-14-20(6-8-23(24)31-5)15-29(21-10-12-26-13-11-21)22-7-9-25(27-18(22)3)28-19(4)30/h6-9,14,17,21,26H,10-13,15-16H2,1-5H3,(H,27,28,30). The molecule has 1 aromatic heterocycles. The smallest absolute Gasteiger partial charge is 0.222 e. The van der Waals surface area contributed by atoms with E-state index >= 15 is 0 Å². The van der Waals surface area contributed by atoms with Gasteiger partial charge in [-0.2, -0.15) is 0 Å². The number of pyridine rings is 1. The highest BCUT2D eigenvalue weighted by molar-refractivity contribution is 5.87. The first-order valence-corrected chi connectivity index (χ1v) is 11.4. The zero-order valence-corrected chi connectivity index (χ0v) is 19.9. The van der Waals surface area contributed by atoms with E-state index in [4.69, 9.17) is 9.47 Å². The van der Waals surface area contributed by atoms with E-state index < -0.39 is 0 Å². The Balaban J connectivity index is 1.90. The third kappa shape index (κ3) is 6.36. The summed E-state index contributed by atoms with van der Waals surface area (Å²) in [5.41, 5.74) is 3.15. The Morgan fingerprint density at radius 1 is 1.22 bits per heavy atom. The molecule has 1 aromatic carbocycles. The van der Waals surface area contributed by atoms with Crippen LogP contribution in [0, 0.1) is 12.8 Å². The molecule has 2 aromatic rings. The van der Waals surface area contributed by atoms with Gasteiger partial charge in [0.1, 0.15) is 5.82 Å². The molecule has 0 aliphatic carbocycles. The molecule has 0 radical (unpaired) electrons. The lowest BCUT2D eigenvalue weighted by Gasteiger charge is -2.37. The SMILES string of the molecule is COc1ccc(CN(c2ccc(NC(C)=O)nc2C)C2CCNCC2)cc1OCC(C)C. The summed E-state index contributed by atoms with van der Waals surface area (Å²) in [5.74, 6) is 2.43. The predicted octanol–water partition coefficient (Wildman–Crippen LogP) is 4.15. The molecule has 0 atom stereocenters. The molecule has 174 valence electrons. The molecule has 0 saturated carbocycles. The lowest BCUT2D eigenvalue weighted by molar-refractivity contribution is -0.114. The summed E-state index contributed by atoms with van der Waals surface area (Å²) >= 11 is 0. The molecule has 7 heteroatoms. The Bertz CT molecular complexity index is 910. The first-order valence-electron chi connectivity index (χ1n) is 11.4.